The summed E-state index contributed by atoms with van der Waals surface area (Å²) in [6, 6.07) is 0. The zero-order valence-corrected chi connectivity index (χ0v) is 42.8. The summed E-state index contributed by atoms with van der Waals surface area (Å²) < 4.78 is 33.6. The molecule has 0 aromatic rings. The van der Waals surface area contributed by atoms with E-state index in [-0.39, 0.29) is 26.1 Å². The molecule has 7 N–H and O–H groups in total. The van der Waals surface area contributed by atoms with E-state index in [1.807, 2.05) is 0 Å². The molecule has 2 saturated heterocycles. The maximum Gasteiger partial charge on any atom is 0.306 e. The lowest BCUT2D eigenvalue weighted by Gasteiger charge is -2.42. The van der Waals surface area contributed by atoms with Crippen molar-refractivity contribution < 1.29 is 73.8 Å². The van der Waals surface area contributed by atoms with Crippen LogP contribution in [0.15, 0.2) is 24.3 Å². The summed E-state index contributed by atoms with van der Waals surface area (Å²) in [6.07, 6.45) is 26.2. The Morgan fingerprint density at radius 2 is 0.870 bits per heavy atom. The van der Waals surface area contributed by atoms with Crippen LogP contribution in [0.5, 0.6) is 0 Å². The summed E-state index contributed by atoms with van der Waals surface area (Å²) in [6.45, 7) is 2.59. The number of hydrogen-bond donors (Lipinski definition) is 7. The second-order valence-electron chi connectivity index (χ2n) is 19.4. The van der Waals surface area contributed by atoms with Gasteiger partial charge < -0.3 is 64.2 Å². The van der Waals surface area contributed by atoms with Crippen LogP contribution in [0.3, 0.4) is 0 Å². The van der Waals surface area contributed by atoms with Crippen LogP contribution in [0.1, 0.15) is 213 Å². The largest absolute Gasteiger partial charge is 0.462 e. The molecule has 15 nitrogen and oxygen atoms in total. The van der Waals surface area contributed by atoms with Gasteiger partial charge in [0.05, 0.1) is 19.8 Å². The molecule has 11 atom stereocenters. The van der Waals surface area contributed by atoms with Crippen LogP contribution in [-0.4, -0.2) is 142 Å². The summed E-state index contributed by atoms with van der Waals surface area (Å²) in [5.74, 6) is -0.920. The van der Waals surface area contributed by atoms with E-state index in [1.54, 1.807) is 0 Å². The predicted molar refractivity (Wildman–Crippen MR) is 266 cm³/mol. The SMILES string of the molecule is CCCCC/C=C\C/C=C\CCCCCCCCCCCC(=O)OC(COC(=O)CCCCCCCCCCCCCCCC)COC1OC(COC2OC(CO)C(O)C(O)C2O)C(O)C(O)C1O. The Morgan fingerprint density at radius 1 is 0.464 bits per heavy atom. The van der Waals surface area contributed by atoms with Gasteiger partial charge in [-0.25, -0.2) is 0 Å². The fourth-order valence-corrected chi connectivity index (χ4v) is 8.66. The van der Waals surface area contributed by atoms with E-state index in [0.717, 1.165) is 57.8 Å². The van der Waals surface area contributed by atoms with Crippen LogP contribution in [0.4, 0.5) is 0 Å². The number of allylic oxidation sites excluding steroid dienone is 4. The van der Waals surface area contributed by atoms with Gasteiger partial charge >= 0.3 is 11.9 Å². The third kappa shape index (κ3) is 29.3. The molecular weight excluding hydrogens is 889 g/mol. The molecule has 2 fully saturated rings. The van der Waals surface area contributed by atoms with Crippen molar-refractivity contribution in [3.8, 4) is 0 Å². The third-order valence-corrected chi connectivity index (χ3v) is 13.2. The van der Waals surface area contributed by atoms with Crippen molar-refractivity contribution in [2.75, 3.05) is 26.4 Å². The quantitative estimate of drug-likeness (QED) is 0.0173. The number of aliphatic hydroxyl groups is 7. The summed E-state index contributed by atoms with van der Waals surface area (Å²) in [7, 11) is 0. The van der Waals surface area contributed by atoms with Crippen molar-refractivity contribution in [3.63, 3.8) is 0 Å². The minimum atomic E-state index is -1.76. The Balaban J connectivity index is 1.78. The van der Waals surface area contributed by atoms with E-state index in [0.29, 0.717) is 12.8 Å². The third-order valence-electron chi connectivity index (χ3n) is 13.2. The van der Waals surface area contributed by atoms with E-state index < -0.39 is 92.7 Å². The molecule has 2 aliphatic rings. The first kappa shape index (κ1) is 63.1. The van der Waals surface area contributed by atoms with Crippen LogP contribution < -0.4 is 0 Å². The molecule has 2 aliphatic heterocycles. The minimum absolute atomic E-state index is 0.163. The van der Waals surface area contributed by atoms with Gasteiger partial charge in [0.15, 0.2) is 18.7 Å². The summed E-state index contributed by atoms with van der Waals surface area (Å²) in [5.41, 5.74) is 0. The lowest BCUT2D eigenvalue weighted by atomic mass is 9.98. The van der Waals surface area contributed by atoms with Gasteiger partial charge in [-0.15, -0.1) is 0 Å². The Bertz CT molecular complexity index is 1300. The van der Waals surface area contributed by atoms with Gasteiger partial charge in [-0.3, -0.25) is 9.59 Å². The van der Waals surface area contributed by atoms with Gasteiger partial charge in [-0.2, -0.15) is 0 Å². The van der Waals surface area contributed by atoms with Gasteiger partial charge in [0.1, 0.15) is 55.4 Å². The zero-order valence-electron chi connectivity index (χ0n) is 42.8. The number of esters is 2. The second-order valence-corrected chi connectivity index (χ2v) is 19.4. The molecule has 0 spiro atoms. The Kier molecular flexibility index (Phi) is 37.9. The van der Waals surface area contributed by atoms with E-state index in [4.69, 9.17) is 28.4 Å². The van der Waals surface area contributed by atoms with Gasteiger partial charge in [-0.1, -0.05) is 179 Å². The smallest absolute Gasteiger partial charge is 0.306 e. The van der Waals surface area contributed by atoms with Crippen molar-refractivity contribution in [2.45, 2.75) is 280 Å². The highest BCUT2D eigenvalue weighted by Crippen LogP contribution is 2.27. The van der Waals surface area contributed by atoms with E-state index in [1.165, 1.54) is 116 Å². The highest BCUT2D eigenvalue weighted by Gasteiger charge is 2.47. The van der Waals surface area contributed by atoms with Crippen molar-refractivity contribution in [3.05, 3.63) is 24.3 Å². The van der Waals surface area contributed by atoms with Gasteiger partial charge in [0, 0.05) is 12.8 Å². The topological polar surface area (TPSA) is 231 Å². The fraction of sp³-hybridized carbons (Fsp3) is 0.889. The average molecular weight is 987 g/mol. The minimum Gasteiger partial charge on any atom is -0.462 e. The number of ether oxygens (including phenoxy) is 6. The number of unbranched alkanes of at least 4 members (excludes halogenated alkanes) is 25. The lowest BCUT2D eigenvalue weighted by molar-refractivity contribution is -0.332. The lowest BCUT2D eigenvalue weighted by Crippen LogP contribution is -2.61. The summed E-state index contributed by atoms with van der Waals surface area (Å²) in [4.78, 5) is 25.8. The van der Waals surface area contributed by atoms with Crippen LogP contribution in [0.2, 0.25) is 0 Å². The maximum absolute atomic E-state index is 13.0. The van der Waals surface area contributed by atoms with E-state index >= 15 is 0 Å². The predicted octanol–water partition coefficient (Wildman–Crippen LogP) is 8.33. The van der Waals surface area contributed by atoms with Gasteiger partial charge in [0.2, 0.25) is 0 Å². The molecule has 0 saturated carbocycles. The summed E-state index contributed by atoms with van der Waals surface area (Å²) in [5, 5.41) is 72.2. The zero-order chi connectivity index (χ0) is 50.3. The van der Waals surface area contributed by atoms with Crippen LogP contribution >= 0.6 is 0 Å². The Hall–Kier alpha value is -2.02. The first-order valence-corrected chi connectivity index (χ1v) is 27.4. The monoisotopic (exact) mass is 987 g/mol. The molecule has 404 valence electrons. The van der Waals surface area contributed by atoms with E-state index in [2.05, 4.69) is 38.2 Å². The number of aliphatic hydroxyl groups excluding tert-OH is 7. The van der Waals surface area contributed by atoms with Crippen molar-refractivity contribution >= 4 is 11.9 Å². The molecular formula is C54H98O15. The number of hydrogen-bond acceptors (Lipinski definition) is 15. The standard InChI is InChI=1S/C54H98O15/c1-3-5-7-9-11-13-15-17-19-20-21-22-23-25-27-29-31-33-35-37-46(57)67-42(39-64-45(56)36-34-32-30-28-26-24-18-16-14-12-10-8-6-4-2)40-65-53-52(63)50(61)48(59)44(69-53)41-66-54-51(62)49(60)47(58)43(38-55)68-54/h11,13,17,19,42-44,47-55,58-63H,3-10,12,14-16,18,20-41H2,1-2H3/b13-11-,19-17-. The highest BCUT2D eigenvalue weighted by atomic mass is 16.7. The number of carbonyl (C=O) groups is 2. The molecule has 0 amide bonds. The van der Waals surface area contributed by atoms with Crippen LogP contribution in [0.25, 0.3) is 0 Å². The molecule has 0 aromatic carbocycles. The molecule has 0 radical (unpaired) electrons. The number of rotatable bonds is 43. The number of carbonyl (C=O) groups excluding carboxylic acids is 2. The summed E-state index contributed by atoms with van der Waals surface area (Å²) >= 11 is 0. The van der Waals surface area contributed by atoms with Crippen LogP contribution in [0, 0.1) is 0 Å². The van der Waals surface area contributed by atoms with Crippen molar-refractivity contribution in [1.82, 2.24) is 0 Å². The van der Waals surface area contributed by atoms with Crippen molar-refractivity contribution in [2.24, 2.45) is 0 Å². The average Bonchev–Trinajstić information content (AvgIpc) is 3.34. The molecule has 15 heteroatoms. The van der Waals surface area contributed by atoms with E-state index in [9.17, 15) is 45.3 Å². The first-order valence-electron chi connectivity index (χ1n) is 27.4. The fourth-order valence-electron chi connectivity index (χ4n) is 8.66. The Morgan fingerprint density at radius 3 is 1.38 bits per heavy atom. The van der Waals surface area contributed by atoms with Gasteiger partial charge in [0.25, 0.3) is 0 Å². The van der Waals surface area contributed by atoms with Gasteiger partial charge in [-0.05, 0) is 44.9 Å². The molecule has 69 heavy (non-hydrogen) atoms. The maximum atomic E-state index is 13.0. The van der Waals surface area contributed by atoms with Crippen molar-refractivity contribution in [1.29, 1.82) is 0 Å². The normalized spacial score (nSPS) is 25.7. The molecule has 0 aromatic heterocycles. The Labute approximate surface area is 415 Å². The van der Waals surface area contributed by atoms with Crippen LogP contribution in [-0.2, 0) is 38.0 Å². The highest BCUT2D eigenvalue weighted by molar-refractivity contribution is 5.70. The second kappa shape index (κ2) is 41.5. The molecule has 2 heterocycles. The first-order chi connectivity index (χ1) is 33.5. The molecule has 2 rings (SSSR count). The molecule has 0 aliphatic carbocycles. The molecule has 11 unspecified atom stereocenters. The molecule has 0 bridgehead atoms.